The maximum atomic E-state index is 13.5. The Hall–Kier alpha value is -5.11. The zero-order valence-corrected chi connectivity index (χ0v) is 24.8. The van der Waals surface area contributed by atoms with Crippen LogP contribution in [0.5, 0.6) is 0 Å². The Labute approximate surface area is 254 Å². The Morgan fingerprint density at radius 3 is 1.86 bits per heavy atom. The molecule has 5 aromatic rings. The highest BCUT2D eigenvalue weighted by atomic mass is 19.4. The quantitative estimate of drug-likeness (QED) is 0.197. The van der Waals surface area contributed by atoms with E-state index in [9.17, 15) is 22.8 Å². The Balaban J connectivity index is 1.38. The minimum atomic E-state index is -4.45. The predicted molar refractivity (Wildman–Crippen MR) is 169 cm³/mol. The minimum Gasteiger partial charge on any atom is -0.339 e. The van der Waals surface area contributed by atoms with Gasteiger partial charge >= 0.3 is 6.18 Å². The molecule has 4 aromatic carbocycles. The molecule has 2 N–H and O–H groups in total. The summed E-state index contributed by atoms with van der Waals surface area (Å²) in [6, 6.07) is 27.2. The van der Waals surface area contributed by atoms with Gasteiger partial charge in [0.25, 0.3) is 11.8 Å². The molecule has 44 heavy (non-hydrogen) atoms. The van der Waals surface area contributed by atoms with Gasteiger partial charge in [-0.15, -0.1) is 0 Å². The molecule has 0 fully saturated rings. The lowest BCUT2D eigenvalue weighted by molar-refractivity contribution is -0.137. The smallest absolute Gasteiger partial charge is 0.339 e. The Bertz CT molecular complexity index is 1800. The van der Waals surface area contributed by atoms with Gasteiger partial charge < -0.3 is 15.2 Å². The van der Waals surface area contributed by atoms with E-state index in [1.54, 1.807) is 37.4 Å². The van der Waals surface area contributed by atoms with Crippen LogP contribution in [0.2, 0.25) is 0 Å². The summed E-state index contributed by atoms with van der Waals surface area (Å²) in [5.74, 6) is -0.756. The number of rotatable bonds is 7. The third-order valence-electron chi connectivity index (χ3n) is 7.53. The molecule has 1 heterocycles. The van der Waals surface area contributed by atoms with Crippen LogP contribution in [0.25, 0.3) is 22.3 Å². The Morgan fingerprint density at radius 1 is 0.705 bits per heavy atom. The van der Waals surface area contributed by atoms with E-state index < -0.39 is 17.6 Å². The molecular weight excluding hydrogens is 563 g/mol. The van der Waals surface area contributed by atoms with E-state index in [1.165, 1.54) is 17.7 Å². The second kappa shape index (κ2) is 12.2. The van der Waals surface area contributed by atoms with Crippen molar-refractivity contribution in [2.75, 3.05) is 10.6 Å². The molecule has 0 saturated heterocycles. The highest BCUT2D eigenvalue weighted by Gasteiger charge is 2.30. The Kier molecular flexibility index (Phi) is 8.45. The van der Waals surface area contributed by atoms with Gasteiger partial charge in [0.05, 0.1) is 11.3 Å². The normalized spacial score (nSPS) is 11.5. The van der Waals surface area contributed by atoms with Crippen molar-refractivity contribution in [3.05, 3.63) is 131 Å². The number of alkyl halides is 3. The van der Waals surface area contributed by atoms with E-state index in [0.29, 0.717) is 39.3 Å². The zero-order valence-electron chi connectivity index (χ0n) is 24.8. The number of nitrogens with one attached hydrogen (secondary N) is 2. The molecule has 0 aliphatic heterocycles. The van der Waals surface area contributed by atoms with Crippen LogP contribution in [0, 0.1) is 13.8 Å². The highest BCUT2D eigenvalue weighted by molar-refractivity contribution is 6.11. The number of aryl methyl sites for hydroxylation is 1. The van der Waals surface area contributed by atoms with Gasteiger partial charge in [0.1, 0.15) is 5.69 Å². The van der Waals surface area contributed by atoms with Crippen LogP contribution < -0.4 is 10.6 Å². The van der Waals surface area contributed by atoms with Gasteiger partial charge in [-0.25, -0.2) is 0 Å². The lowest BCUT2D eigenvalue weighted by Crippen LogP contribution is -2.19. The number of amides is 2. The minimum absolute atomic E-state index is 0.0801. The standard InChI is InChI=1S/C36H32F3N3O2/c1-22(2)42-21-32(41-34(43)31-8-6-5-7-30(31)27-13-17-28(18-14-27)36(37,38)39)24(4)33(42)35(44)40-29-19-15-26(16-20-29)25-11-9-23(3)10-12-25/h5-22H,1-4H3,(H,40,44)(H,41,43). The number of halogens is 3. The maximum Gasteiger partial charge on any atom is 0.416 e. The van der Waals surface area contributed by atoms with E-state index in [0.717, 1.165) is 23.3 Å². The number of carbonyl (C=O) groups excluding carboxylic acids is 2. The van der Waals surface area contributed by atoms with Gasteiger partial charge in [0.2, 0.25) is 0 Å². The van der Waals surface area contributed by atoms with Crippen molar-refractivity contribution in [2.24, 2.45) is 0 Å². The summed E-state index contributed by atoms with van der Waals surface area (Å²) in [5, 5.41) is 5.89. The fourth-order valence-electron chi connectivity index (χ4n) is 5.09. The van der Waals surface area contributed by atoms with Gasteiger partial charge in [-0.2, -0.15) is 13.2 Å². The molecule has 0 unspecified atom stereocenters. The number of benzene rings is 4. The van der Waals surface area contributed by atoms with Gasteiger partial charge in [0, 0.05) is 29.1 Å². The van der Waals surface area contributed by atoms with Crippen LogP contribution >= 0.6 is 0 Å². The fourth-order valence-corrected chi connectivity index (χ4v) is 5.09. The number of hydrogen-bond donors (Lipinski definition) is 2. The summed E-state index contributed by atoms with van der Waals surface area (Å²) >= 11 is 0. The third-order valence-corrected chi connectivity index (χ3v) is 7.53. The molecule has 0 bridgehead atoms. The number of hydrogen-bond acceptors (Lipinski definition) is 2. The highest BCUT2D eigenvalue weighted by Crippen LogP contribution is 2.33. The molecule has 224 valence electrons. The van der Waals surface area contributed by atoms with E-state index >= 15 is 0 Å². The third kappa shape index (κ3) is 6.44. The first kappa shape index (κ1) is 30.4. The van der Waals surface area contributed by atoms with Gasteiger partial charge in [0.15, 0.2) is 0 Å². The van der Waals surface area contributed by atoms with Crippen molar-refractivity contribution in [2.45, 2.75) is 39.9 Å². The summed E-state index contributed by atoms with van der Waals surface area (Å²) < 4.78 is 41.0. The van der Waals surface area contributed by atoms with Crippen molar-refractivity contribution in [1.82, 2.24) is 4.57 Å². The summed E-state index contributed by atoms with van der Waals surface area (Å²) in [4.78, 5) is 27.0. The molecule has 2 amide bonds. The second-order valence-corrected chi connectivity index (χ2v) is 11.0. The topological polar surface area (TPSA) is 63.1 Å². The molecule has 5 rings (SSSR count). The van der Waals surface area contributed by atoms with E-state index in [-0.39, 0.29) is 11.9 Å². The van der Waals surface area contributed by atoms with Crippen molar-refractivity contribution >= 4 is 23.2 Å². The molecule has 0 spiro atoms. The summed E-state index contributed by atoms with van der Waals surface area (Å²) in [5.41, 5.74) is 5.90. The summed E-state index contributed by atoms with van der Waals surface area (Å²) in [7, 11) is 0. The first-order chi connectivity index (χ1) is 20.9. The molecule has 0 saturated carbocycles. The average molecular weight is 596 g/mol. The van der Waals surface area contributed by atoms with Crippen LogP contribution in [0.1, 0.15) is 57.4 Å². The average Bonchev–Trinajstić information content (AvgIpc) is 3.33. The lowest BCUT2D eigenvalue weighted by Gasteiger charge is -2.14. The van der Waals surface area contributed by atoms with Crippen LogP contribution in [-0.2, 0) is 6.18 Å². The van der Waals surface area contributed by atoms with Crippen LogP contribution in [0.4, 0.5) is 24.5 Å². The Morgan fingerprint density at radius 2 is 1.27 bits per heavy atom. The number of carbonyl (C=O) groups is 2. The van der Waals surface area contributed by atoms with Crippen LogP contribution in [0.15, 0.2) is 103 Å². The monoisotopic (exact) mass is 595 g/mol. The molecule has 8 heteroatoms. The van der Waals surface area contributed by atoms with Crippen molar-refractivity contribution in [1.29, 1.82) is 0 Å². The summed E-state index contributed by atoms with van der Waals surface area (Å²) in [6.07, 6.45) is -2.72. The summed E-state index contributed by atoms with van der Waals surface area (Å²) in [6.45, 7) is 7.69. The fraction of sp³-hybridized carbons (Fsp3) is 0.167. The zero-order chi connectivity index (χ0) is 31.6. The maximum absolute atomic E-state index is 13.5. The van der Waals surface area contributed by atoms with Gasteiger partial charge in [-0.3, -0.25) is 9.59 Å². The van der Waals surface area contributed by atoms with E-state index in [1.807, 2.05) is 49.6 Å². The molecule has 1 aromatic heterocycles. The van der Waals surface area contributed by atoms with Crippen LogP contribution in [0.3, 0.4) is 0 Å². The first-order valence-corrected chi connectivity index (χ1v) is 14.2. The van der Waals surface area contributed by atoms with Crippen molar-refractivity contribution in [3.8, 4) is 22.3 Å². The van der Waals surface area contributed by atoms with Crippen molar-refractivity contribution in [3.63, 3.8) is 0 Å². The van der Waals surface area contributed by atoms with Gasteiger partial charge in [-0.1, -0.05) is 72.3 Å². The molecular formula is C36H32F3N3O2. The molecule has 0 aliphatic rings. The predicted octanol–water partition coefficient (Wildman–Crippen LogP) is 9.54. The van der Waals surface area contributed by atoms with E-state index in [2.05, 4.69) is 34.9 Å². The number of nitrogens with zero attached hydrogens (tertiary/aromatic N) is 1. The first-order valence-electron chi connectivity index (χ1n) is 14.2. The molecule has 0 radical (unpaired) electrons. The van der Waals surface area contributed by atoms with E-state index in [4.69, 9.17) is 0 Å². The number of aromatic nitrogens is 1. The largest absolute Gasteiger partial charge is 0.416 e. The van der Waals surface area contributed by atoms with Crippen molar-refractivity contribution < 1.29 is 22.8 Å². The van der Waals surface area contributed by atoms with Crippen LogP contribution in [-0.4, -0.2) is 16.4 Å². The molecule has 0 aliphatic carbocycles. The molecule has 5 nitrogen and oxygen atoms in total. The lowest BCUT2D eigenvalue weighted by atomic mass is 9.98. The SMILES string of the molecule is Cc1ccc(-c2ccc(NC(=O)c3c(C)c(NC(=O)c4ccccc4-c4ccc(C(F)(F)F)cc4)cn3C(C)C)cc2)cc1. The second-order valence-electron chi connectivity index (χ2n) is 11.0. The van der Waals surface area contributed by atoms with Gasteiger partial charge in [-0.05, 0) is 80.3 Å². The number of anilines is 2. The molecule has 0 atom stereocenters.